The number of anilines is 1. The molecular formula is C15H16BrNO2. The predicted molar refractivity (Wildman–Crippen MR) is 81.4 cm³/mol. The summed E-state index contributed by atoms with van der Waals surface area (Å²) < 4.78 is 5.84. The fourth-order valence-corrected chi connectivity index (χ4v) is 2.52. The second-order valence-electron chi connectivity index (χ2n) is 4.27. The van der Waals surface area contributed by atoms with Crippen molar-refractivity contribution in [2.75, 3.05) is 12.4 Å². The van der Waals surface area contributed by atoms with E-state index in [4.69, 9.17) is 4.74 Å². The van der Waals surface area contributed by atoms with Crippen molar-refractivity contribution in [1.82, 2.24) is 0 Å². The molecule has 4 heteroatoms. The average Bonchev–Trinajstić information content (AvgIpc) is 2.46. The van der Waals surface area contributed by atoms with Crippen LogP contribution in [-0.2, 0) is 9.53 Å². The fraction of sp³-hybridized carbons (Fsp3) is 0.267. The number of carbonyl (C=O) groups is 1. The summed E-state index contributed by atoms with van der Waals surface area (Å²) in [5.74, 6) is -0.241. The summed E-state index contributed by atoms with van der Waals surface area (Å²) in [6, 6.07) is 11.7. The smallest absolute Gasteiger partial charge is 0.328 e. The molecule has 0 aliphatic carbocycles. The van der Waals surface area contributed by atoms with Gasteiger partial charge in [-0.25, -0.2) is 4.79 Å². The number of nitrogens with one attached hydrogen (secondary N) is 1. The molecule has 2 aromatic carbocycles. The molecule has 0 radical (unpaired) electrons. The van der Waals surface area contributed by atoms with Crippen LogP contribution in [0.5, 0.6) is 0 Å². The molecule has 0 fully saturated rings. The van der Waals surface area contributed by atoms with Crippen LogP contribution in [0.25, 0.3) is 10.8 Å². The van der Waals surface area contributed by atoms with E-state index in [-0.39, 0.29) is 12.0 Å². The van der Waals surface area contributed by atoms with Crippen molar-refractivity contribution in [3.8, 4) is 0 Å². The highest BCUT2D eigenvalue weighted by Crippen LogP contribution is 2.30. The average molecular weight is 322 g/mol. The number of fused-ring (bicyclic) bond motifs is 1. The van der Waals surface area contributed by atoms with Gasteiger partial charge in [0, 0.05) is 15.5 Å². The van der Waals surface area contributed by atoms with Crippen molar-refractivity contribution < 1.29 is 9.53 Å². The standard InChI is InChI=1S/C15H16BrNO2/c1-3-13(15(18)19-2)17-14-9-8-12(16)10-6-4-5-7-11(10)14/h4-9,13,17H,3H2,1-2H3. The zero-order valence-electron chi connectivity index (χ0n) is 10.9. The molecule has 0 aliphatic rings. The molecule has 2 rings (SSSR count). The second-order valence-corrected chi connectivity index (χ2v) is 5.12. The molecule has 100 valence electrons. The van der Waals surface area contributed by atoms with E-state index in [9.17, 15) is 4.79 Å². The Balaban J connectivity index is 2.40. The molecule has 0 saturated heterocycles. The Kier molecular flexibility index (Phi) is 4.43. The first kappa shape index (κ1) is 13.9. The van der Waals surface area contributed by atoms with Gasteiger partial charge in [-0.05, 0) is 23.9 Å². The summed E-state index contributed by atoms with van der Waals surface area (Å²) in [4.78, 5) is 11.7. The van der Waals surface area contributed by atoms with Gasteiger partial charge in [0.25, 0.3) is 0 Å². The van der Waals surface area contributed by atoms with E-state index in [0.29, 0.717) is 6.42 Å². The maximum atomic E-state index is 11.7. The lowest BCUT2D eigenvalue weighted by atomic mass is 10.1. The summed E-state index contributed by atoms with van der Waals surface area (Å²) in [6.45, 7) is 1.95. The third kappa shape index (κ3) is 2.89. The van der Waals surface area contributed by atoms with Gasteiger partial charge in [0.05, 0.1) is 7.11 Å². The maximum Gasteiger partial charge on any atom is 0.328 e. The van der Waals surface area contributed by atoms with Gasteiger partial charge < -0.3 is 10.1 Å². The summed E-state index contributed by atoms with van der Waals surface area (Å²) >= 11 is 3.54. The lowest BCUT2D eigenvalue weighted by molar-refractivity contribution is -0.141. The Morgan fingerprint density at radius 3 is 2.58 bits per heavy atom. The normalized spacial score (nSPS) is 12.2. The third-order valence-corrected chi connectivity index (χ3v) is 3.79. The molecule has 0 spiro atoms. The topological polar surface area (TPSA) is 38.3 Å². The third-order valence-electron chi connectivity index (χ3n) is 3.09. The number of rotatable bonds is 4. The highest BCUT2D eigenvalue weighted by molar-refractivity contribution is 9.10. The first-order valence-electron chi connectivity index (χ1n) is 6.19. The second kappa shape index (κ2) is 6.06. The molecule has 19 heavy (non-hydrogen) atoms. The first-order chi connectivity index (χ1) is 9.17. The van der Waals surface area contributed by atoms with Crippen LogP contribution in [0.3, 0.4) is 0 Å². The van der Waals surface area contributed by atoms with Crippen LogP contribution < -0.4 is 5.32 Å². The van der Waals surface area contributed by atoms with Gasteiger partial charge in [-0.2, -0.15) is 0 Å². The summed E-state index contributed by atoms with van der Waals surface area (Å²) in [7, 11) is 1.41. The van der Waals surface area contributed by atoms with Crippen LogP contribution in [0.4, 0.5) is 5.69 Å². The van der Waals surface area contributed by atoms with E-state index in [1.54, 1.807) is 0 Å². The van der Waals surface area contributed by atoms with Crippen molar-refractivity contribution in [1.29, 1.82) is 0 Å². The van der Waals surface area contributed by atoms with E-state index in [1.165, 1.54) is 7.11 Å². The van der Waals surface area contributed by atoms with Crippen LogP contribution >= 0.6 is 15.9 Å². The van der Waals surface area contributed by atoms with E-state index in [2.05, 4.69) is 21.2 Å². The predicted octanol–water partition coefficient (Wildman–Crippen LogP) is 3.97. The number of ether oxygens (including phenoxy) is 1. The summed E-state index contributed by atoms with van der Waals surface area (Å²) in [5.41, 5.74) is 0.941. The Bertz CT molecular complexity index is 598. The number of hydrogen-bond donors (Lipinski definition) is 1. The van der Waals surface area contributed by atoms with Gasteiger partial charge >= 0.3 is 5.97 Å². The first-order valence-corrected chi connectivity index (χ1v) is 6.98. The summed E-state index contributed by atoms with van der Waals surface area (Å²) in [6.07, 6.45) is 0.678. The summed E-state index contributed by atoms with van der Waals surface area (Å²) in [5, 5.41) is 5.45. The molecule has 0 heterocycles. The van der Waals surface area contributed by atoms with Gasteiger partial charge in [-0.15, -0.1) is 0 Å². The van der Waals surface area contributed by atoms with Crippen LogP contribution in [0, 0.1) is 0 Å². The number of halogens is 1. The fourth-order valence-electron chi connectivity index (χ4n) is 2.05. The van der Waals surface area contributed by atoms with Crippen molar-refractivity contribution in [2.24, 2.45) is 0 Å². The minimum Gasteiger partial charge on any atom is -0.467 e. The van der Waals surface area contributed by atoms with Gasteiger partial charge in [0.2, 0.25) is 0 Å². The van der Waals surface area contributed by atoms with E-state index in [1.807, 2.05) is 43.3 Å². The molecular weight excluding hydrogens is 306 g/mol. The minimum absolute atomic E-state index is 0.241. The molecule has 1 atom stereocenters. The molecule has 0 saturated carbocycles. The lowest BCUT2D eigenvalue weighted by Crippen LogP contribution is -2.29. The lowest BCUT2D eigenvalue weighted by Gasteiger charge is -2.17. The van der Waals surface area contributed by atoms with Crippen molar-refractivity contribution >= 4 is 38.4 Å². The van der Waals surface area contributed by atoms with Crippen LogP contribution in [0.15, 0.2) is 40.9 Å². The van der Waals surface area contributed by atoms with E-state index < -0.39 is 0 Å². The van der Waals surface area contributed by atoms with E-state index in [0.717, 1.165) is 20.9 Å². The van der Waals surface area contributed by atoms with Crippen LogP contribution in [-0.4, -0.2) is 19.1 Å². The van der Waals surface area contributed by atoms with E-state index >= 15 is 0 Å². The quantitative estimate of drug-likeness (QED) is 0.866. The molecule has 3 nitrogen and oxygen atoms in total. The van der Waals surface area contributed by atoms with Gasteiger partial charge in [0.15, 0.2) is 0 Å². The maximum absolute atomic E-state index is 11.7. The minimum atomic E-state index is -0.324. The molecule has 1 unspecified atom stereocenters. The molecule has 0 bridgehead atoms. The van der Waals surface area contributed by atoms with Gasteiger partial charge in [-0.3, -0.25) is 0 Å². The van der Waals surface area contributed by atoms with Crippen molar-refractivity contribution in [3.05, 3.63) is 40.9 Å². The number of hydrogen-bond acceptors (Lipinski definition) is 3. The zero-order chi connectivity index (χ0) is 13.8. The van der Waals surface area contributed by atoms with Crippen molar-refractivity contribution in [3.63, 3.8) is 0 Å². The number of benzene rings is 2. The Morgan fingerprint density at radius 2 is 1.95 bits per heavy atom. The number of methoxy groups -OCH3 is 1. The highest BCUT2D eigenvalue weighted by atomic mass is 79.9. The molecule has 0 amide bonds. The zero-order valence-corrected chi connectivity index (χ0v) is 12.5. The highest BCUT2D eigenvalue weighted by Gasteiger charge is 2.17. The van der Waals surface area contributed by atoms with Crippen LogP contribution in [0.1, 0.15) is 13.3 Å². The molecule has 2 aromatic rings. The Labute approximate surface area is 121 Å². The molecule has 1 N–H and O–H groups in total. The number of esters is 1. The molecule has 0 aliphatic heterocycles. The molecule has 0 aromatic heterocycles. The largest absolute Gasteiger partial charge is 0.467 e. The Morgan fingerprint density at radius 1 is 1.26 bits per heavy atom. The number of carbonyl (C=O) groups excluding carboxylic acids is 1. The van der Waals surface area contributed by atoms with Gasteiger partial charge in [-0.1, -0.05) is 47.1 Å². The SMILES string of the molecule is CCC(Nc1ccc(Br)c2ccccc12)C(=O)OC. The Hall–Kier alpha value is -1.55. The monoisotopic (exact) mass is 321 g/mol. The van der Waals surface area contributed by atoms with Crippen molar-refractivity contribution in [2.45, 2.75) is 19.4 Å². The van der Waals surface area contributed by atoms with Gasteiger partial charge in [0.1, 0.15) is 6.04 Å². The van der Waals surface area contributed by atoms with Crippen LogP contribution in [0.2, 0.25) is 0 Å².